The molecule has 0 radical (unpaired) electrons. The van der Waals surface area contributed by atoms with Crippen molar-refractivity contribution >= 4 is 29.0 Å². The van der Waals surface area contributed by atoms with E-state index in [1.807, 2.05) is 19.1 Å². The summed E-state index contributed by atoms with van der Waals surface area (Å²) in [6.45, 7) is 1.92. The molecule has 6 heteroatoms. The molecule has 2 aromatic rings. The van der Waals surface area contributed by atoms with E-state index >= 15 is 0 Å². The molecule has 4 N–H and O–H groups in total. The Hall–Kier alpha value is -1.95. The summed E-state index contributed by atoms with van der Waals surface area (Å²) in [7, 11) is 0. The number of amides is 1. The SMILES string of the molecule is Cc1cc(N)ccc1NC(=O)CCSc1ncc[nH]1. The topological polar surface area (TPSA) is 83.8 Å². The minimum Gasteiger partial charge on any atom is -0.399 e. The number of benzene rings is 1. The van der Waals surface area contributed by atoms with E-state index in [-0.39, 0.29) is 5.91 Å². The highest BCUT2D eigenvalue weighted by Gasteiger charge is 2.06. The minimum absolute atomic E-state index is 0.00747. The number of thioether (sulfide) groups is 1. The molecule has 0 bridgehead atoms. The third-order valence-corrected chi connectivity index (χ3v) is 3.47. The molecule has 1 amide bonds. The molecular weight excluding hydrogens is 260 g/mol. The predicted octanol–water partition coefficient (Wildman–Crippen LogP) is 2.42. The zero-order chi connectivity index (χ0) is 13.7. The third kappa shape index (κ3) is 4.03. The zero-order valence-corrected chi connectivity index (χ0v) is 11.5. The Morgan fingerprint density at radius 1 is 1.53 bits per heavy atom. The van der Waals surface area contributed by atoms with Crippen LogP contribution in [0, 0.1) is 6.92 Å². The number of hydrogen-bond donors (Lipinski definition) is 3. The third-order valence-electron chi connectivity index (χ3n) is 2.57. The maximum absolute atomic E-state index is 11.8. The van der Waals surface area contributed by atoms with Crippen molar-refractivity contribution in [2.75, 3.05) is 16.8 Å². The standard InChI is InChI=1S/C13H16N4OS/c1-9-8-10(14)2-3-11(9)17-12(18)4-7-19-13-15-5-6-16-13/h2-3,5-6,8H,4,7,14H2,1H3,(H,15,16)(H,17,18). The number of rotatable bonds is 5. The predicted molar refractivity (Wildman–Crippen MR) is 78.1 cm³/mol. The molecule has 1 heterocycles. The fraction of sp³-hybridized carbons (Fsp3) is 0.231. The number of aryl methyl sites for hydroxylation is 1. The van der Waals surface area contributed by atoms with Crippen LogP contribution in [0.4, 0.5) is 11.4 Å². The van der Waals surface area contributed by atoms with Gasteiger partial charge < -0.3 is 16.0 Å². The Morgan fingerprint density at radius 3 is 3.05 bits per heavy atom. The van der Waals surface area contributed by atoms with Crippen LogP contribution in [0.5, 0.6) is 0 Å². The molecular formula is C13H16N4OS. The van der Waals surface area contributed by atoms with Gasteiger partial charge in [0.05, 0.1) is 0 Å². The van der Waals surface area contributed by atoms with Gasteiger partial charge in [0, 0.05) is 35.9 Å². The van der Waals surface area contributed by atoms with Crippen molar-refractivity contribution in [2.24, 2.45) is 0 Å². The molecule has 2 rings (SSSR count). The van der Waals surface area contributed by atoms with Crippen LogP contribution < -0.4 is 11.1 Å². The van der Waals surface area contributed by atoms with Gasteiger partial charge in [0.15, 0.2) is 5.16 Å². The van der Waals surface area contributed by atoms with Gasteiger partial charge in [-0.25, -0.2) is 4.98 Å². The molecule has 0 fully saturated rings. The number of carbonyl (C=O) groups is 1. The van der Waals surface area contributed by atoms with Gasteiger partial charge >= 0.3 is 0 Å². The van der Waals surface area contributed by atoms with Crippen LogP contribution >= 0.6 is 11.8 Å². The number of nitrogens with one attached hydrogen (secondary N) is 2. The van der Waals surface area contributed by atoms with Crippen molar-refractivity contribution in [3.63, 3.8) is 0 Å². The van der Waals surface area contributed by atoms with Crippen molar-refractivity contribution < 1.29 is 4.79 Å². The Morgan fingerprint density at radius 2 is 2.37 bits per heavy atom. The molecule has 0 spiro atoms. The number of aromatic amines is 1. The number of hydrogen-bond acceptors (Lipinski definition) is 4. The van der Waals surface area contributed by atoms with Crippen LogP contribution in [0.25, 0.3) is 0 Å². The molecule has 0 atom stereocenters. The van der Waals surface area contributed by atoms with E-state index in [9.17, 15) is 4.79 Å². The second kappa shape index (κ2) is 6.29. The number of anilines is 2. The lowest BCUT2D eigenvalue weighted by Gasteiger charge is -2.08. The van der Waals surface area contributed by atoms with Gasteiger partial charge in [-0.05, 0) is 30.7 Å². The molecule has 100 valence electrons. The van der Waals surface area contributed by atoms with Crippen molar-refractivity contribution in [3.8, 4) is 0 Å². The van der Waals surface area contributed by atoms with Gasteiger partial charge in [0.2, 0.25) is 5.91 Å². The molecule has 0 aliphatic rings. The lowest BCUT2D eigenvalue weighted by Crippen LogP contribution is -2.13. The highest BCUT2D eigenvalue weighted by molar-refractivity contribution is 7.99. The summed E-state index contributed by atoms with van der Waals surface area (Å²) >= 11 is 1.53. The van der Waals surface area contributed by atoms with Gasteiger partial charge in [-0.2, -0.15) is 0 Å². The maximum Gasteiger partial charge on any atom is 0.225 e. The highest BCUT2D eigenvalue weighted by Crippen LogP contribution is 2.18. The molecule has 5 nitrogen and oxygen atoms in total. The molecule has 0 aliphatic carbocycles. The maximum atomic E-state index is 11.8. The van der Waals surface area contributed by atoms with Crippen LogP contribution in [0.3, 0.4) is 0 Å². The first-order valence-electron chi connectivity index (χ1n) is 5.93. The summed E-state index contributed by atoms with van der Waals surface area (Å²) in [4.78, 5) is 18.9. The second-order valence-corrected chi connectivity index (χ2v) is 5.20. The fourth-order valence-electron chi connectivity index (χ4n) is 1.61. The fourth-order valence-corrected chi connectivity index (χ4v) is 2.38. The van der Waals surface area contributed by atoms with Crippen LogP contribution in [-0.4, -0.2) is 21.6 Å². The molecule has 0 unspecified atom stereocenters. The highest BCUT2D eigenvalue weighted by atomic mass is 32.2. The second-order valence-electron chi connectivity index (χ2n) is 4.12. The van der Waals surface area contributed by atoms with E-state index in [2.05, 4.69) is 15.3 Å². The van der Waals surface area contributed by atoms with Crippen LogP contribution in [0.2, 0.25) is 0 Å². The molecule has 1 aromatic carbocycles. The summed E-state index contributed by atoms with van der Waals surface area (Å²) in [5.41, 5.74) is 8.14. The van der Waals surface area contributed by atoms with E-state index in [0.717, 1.165) is 16.4 Å². The summed E-state index contributed by atoms with van der Waals surface area (Å²) in [6, 6.07) is 5.44. The van der Waals surface area contributed by atoms with E-state index in [4.69, 9.17) is 5.73 Å². The zero-order valence-electron chi connectivity index (χ0n) is 10.6. The number of nitrogen functional groups attached to an aromatic ring is 1. The quantitative estimate of drug-likeness (QED) is 0.578. The van der Waals surface area contributed by atoms with Gasteiger partial charge in [-0.1, -0.05) is 11.8 Å². The first-order valence-corrected chi connectivity index (χ1v) is 6.92. The van der Waals surface area contributed by atoms with Gasteiger partial charge in [0.1, 0.15) is 0 Å². The lowest BCUT2D eigenvalue weighted by molar-refractivity contribution is -0.115. The van der Waals surface area contributed by atoms with Gasteiger partial charge in [-0.15, -0.1) is 0 Å². The number of carbonyl (C=O) groups excluding carboxylic acids is 1. The van der Waals surface area contributed by atoms with Crippen molar-refractivity contribution in [3.05, 3.63) is 36.2 Å². The summed E-state index contributed by atoms with van der Waals surface area (Å²) in [6.07, 6.45) is 3.90. The Kier molecular flexibility index (Phi) is 4.46. The normalized spacial score (nSPS) is 10.4. The average Bonchev–Trinajstić information content (AvgIpc) is 2.86. The van der Waals surface area contributed by atoms with Gasteiger partial charge in [-0.3, -0.25) is 4.79 Å². The minimum atomic E-state index is -0.00747. The van der Waals surface area contributed by atoms with E-state index in [1.165, 1.54) is 11.8 Å². The number of H-pyrrole nitrogens is 1. The van der Waals surface area contributed by atoms with Crippen LogP contribution in [0.15, 0.2) is 35.7 Å². The number of nitrogens with zero attached hydrogens (tertiary/aromatic N) is 1. The van der Waals surface area contributed by atoms with Gasteiger partial charge in [0.25, 0.3) is 0 Å². The first kappa shape index (κ1) is 13.5. The first-order chi connectivity index (χ1) is 9.15. The van der Waals surface area contributed by atoms with Crippen molar-refractivity contribution in [1.82, 2.24) is 9.97 Å². The van der Waals surface area contributed by atoms with Crippen LogP contribution in [-0.2, 0) is 4.79 Å². The Balaban J connectivity index is 1.80. The molecule has 19 heavy (non-hydrogen) atoms. The average molecular weight is 276 g/mol. The van der Waals surface area contributed by atoms with Crippen LogP contribution in [0.1, 0.15) is 12.0 Å². The summed E-state index contributed by atoms with van der Waals surface area (Å²) < 4.78 is 0. The largest absolute Gasteiger partial charge is 0.399 e. The number of aromatic nitrogens is 2. The van der Waals surface area contributed by atoms with E-state index in [0.29, 0.717) is 17.9 Å². The molecule has 0 saturated heterocycles. The summed E-state index contributed by atoms with van der Waals surface area (Å²) in [5, 5.41) is 3.71. The van der Waals surface area contributed by atoms with Crippen molar-refractivity contribution in [1.29, 1.82) is 0 Å². The molecule has 0 aliphatic heterocycles. The molecule has 0 saturated carbocycles. The smallest absolute Gasteiger partial charge is 0.225 e. The van der Waals surface area contributed by atoms with E-state index < -0.39 is 0 Å². The lowest BCUT2D eigenvalue weighted by atomic mass is 10.2. The summed E-state index contributed by atoms with van der Waals surface area (Å²) in [5.74, 6) is 0.680. The number of imidazole rings is 1. The Bertz CT molecular complexity index is 554. The Labute approximate surface area is 116 Å². The molecule has 1 aromatic heterocycles. The van der Waals surface area contributed by atoms with Crippen molar-refractivity contribution in [2.45, 2.75) is 18.5 Å². The van der Waals surface area contributed by atoms with E-state index in [1.54, 1.807) is 18.5 Å². The number of nitrogens with two attached hydrogens (primary N) is 1. The monoisotopic (exact) mass is 276 g/mol.